The van der Waals surface area contributed by atoms with Crippen molar-refractivity contribution in [3.05, 3.63) is 66.4 Å². The standard InChI is InChI=1S/C22H21N7O3/c1-27-20(16(12-24-27)22(31)28-7-9-32-10-8-28)21(30)26-18-11-19-25-17(13-29(19)14-23-18)15-5-3-2-4-6-15/h2-6,11-14H,7-10H2,1H3,(H,26,30). The van der Waals surface area contributed by atoms with Gasteiger partial charge in [0.25, 0.3) is 11.8 Å². The summed E-state index contributed by atoms with van der Waals surface area (Å²) < 4.78 is 8.48. The first-order chi connectivity index (χ1) is 15.6. The molecule has 1 fully saturated rings. The summed E-state index contributed by atoms with van der Waals surface area (Å²) in [5.74, 6) is -0.372. The van der Waals surface area contributed by atoms with Gasteiger partial charge in [-0.3, -0.25) is 18.7 Å². The van der Waals surface area contributed by atoms with Crippen molar-refractivity contribution in [3.63, 3.8) is 0 Å². The zero-order valence-electron chi connectivity index (χ0n) is 17.4. The number of ether oxygens (including phenoxy) is 1. The van der Waals surface area contributed by atoms with Gasteiger partial charge in [0.2, 0.25) is 0 Å². The topological polar surface area (TPSA) is 107 Å². The van der Waals surface area contributed by atoms with Crippen molar-refractivity contribution < 1.29 is 14.3 Å². The van der Waals surface area contributed by atoms with Crippen molar-refractivity contribution >= 4 is 23.3 Å². The van der Waals surface area contributed by atoms with Gasteiger partial charge in [0.15, 0.2) is 0 Å². The molecule has 2 amide bonds. The highest BCUT2D eigenvalue weighted by Crippen LogP contribution is 2.20. The maximum Gasteiger partial charge on any atom is 0.275 e. The van der Waals surface area contributed by atoms with Gasteiger partial charge in [-0.05, 0) is 0 Å². The third kappa shape index (κ3) is 3.71. The Morgan fingerprint density at radius 2 is 1.91 bits per heavy atom. The normalized spacial score (nSPS) is 14.0. The lowest BCUT2D eigenvalue weighted by Gasteiger charge is -2.26. The second kappa shape index (κ2) is 8.23. The summed E-state index contributed by atoms with van der Waals surface area (Å²) in [6.07, 6.45) is 4.89. The van der Waals surface area contributed by atoms with Crippen LogP contribution in [0.5, 0.6) is 0 Å². The number of amides is 2. The number of hydrogen-bond acceptors (Lipinski definition) is 6. The number of fused-ring (bicyclic) bond motifs is 1. The maximum absolute atomic E-state index is 13.0. The van der Waals surface area contributed by atoms with Crippen LogP contribution in [-0.2, 0) is 11.8 Å². The number of aromatic nitrogens is 5. The first-order valence-electron chi connectivity index (χ1n) is 10.2. The van der Waals surface area contributed by atoms with E-state index in [1.54, 1.807) is 28.7 Å². The Bertz CT molecular complexity index is 1290. The fourth-order valence-corrected chi connectivity index (χ4v) is 3.68. The molecule has 10 nitrogen and oxygen atoms in total. The number of benzene rings is 1. The van der Waals surface area contributed by atoms with Gasteiger partial charge in [-0.25, -0.2) is 9.97 Å². The average Bonchev–Trinajstić information content (AvgIpc) is 3.43. The van der Waals surface area contributed by atoms with E-state index in [0.717, 1.165) is 11.3 Å². The van der Waals surface area contributed by atoms with Crippen molar-refractivity contribution in [1.29, 1.82) is 0 Å². The molecule has 0 spiro atoms. The molecule has 0 atom stereocenters. The lowest BCUT2D eigenvalue weighted by molar-refractivity contribution is 0.0302. The third-order valence-corrected chi connectivity index (χ3v) is 5.34. The molecule has 0 aliphatic carbocycles. The van der Waals surface area contributed by atoms with Gasteiger partial charge < -0.3 is 15.0 Å². The number of anilines is 1. The van der Waals surface area contributed by atoms with Gasteiger partial charge >= 0.3 is 0 Å². The zero-order chi connectivity index (χ0) is 22.1. The summed E-state index contributed by atoms with van der Waals surface area (Å²) in [4.78, 5) is 36.5. The highest BCUT2D eigenvalue weighted by atomic mass is 16.5. The predicted molar refractivity (Wildman–Crippen MR) is 116 cm³/mol. The van der Waals surface area contributed by atoms with Gasteiger partial charge in [-0.15, -0.1) is 0 Å². The molecule has 32 heavy (non-hydrogen) atoms. The average molecular weight is 431 g/mol. The van der Waals surface area contributed by atoms with Crippen LogP contribution in [0.1, 0.15) is 20.8 Å². The van der Waals surface area contributed by atoms with Gasteiger partial charge in [0.05, 0.1) is 30.7 Å². The molecular formula is C22H21N7O3. The molecule has 1 saturated heterocycles. The Morgan fingerprint density at radius 1 is 1.12 bits per heavy atom. The monoisotopic (exact) mass is 431 g/mol. The van der Waals surface area contributed by atoms with Crippen LogP contribution in [-0.4, -0.2) is 67.2 Å². The molecule has 3 aromatic heterocycles. The van der Waals surface area contributed by atoms with E-state index in [0.29, 0.717) is 37.8 Å². The first-order valence-corrected chi connectivity index (χ1v) is 10.2. The van der Waals surface area contributed by atoms with E-state index in [-0.39, 0.29) is 17.2 Å². The molecule has 0 bridgehead atoms. The van der Waals surface area contributed by atoms with E-state index >= 15 is 0 Å². The minimum absolute atomic E-state index is 0.177. The molecule has 1 aliphatic rings. The lowest BCUT2D eigenvalue weighted by Crippen LogP contribution is -2.41. The van der Waals surface area contributed by atoms with Crippen molar-refractivity contribution in [3.8, 4) is 11.3 Å². The summed E-state index contributed by atoms with van der Waals surface area (Å²) in [5.41, 5.74) is 2.87. The number of aryl methyl sites for hydroxylation is 1. The number of carbonyl (C=O) groups is 2. The molecule has 0 radical (unpaired) electrons. The molecule has 162 valence electrons. The number of carbonyl (C=O) groups excluding carboxylic acids is 2. The highest BCUT2D eigenvalue weighted by molar-refractivity contribution is 6.10. The Balaban J connectivity index is 1.39. The summed E-state index contributed by atoms with van der Waals surface area (Å²) >= 11 is 0. The minimum Gasteiger partial charge on any atom is -0.378 e. The molecule has 1 aliphatic heterocycles. The summed E-state index contributed by atoms with van der Waals surface area (Å²) in [7, 11) is 1.63. The second-order valence-electron chi connectivity index (χ2n) is 7.42. The fraction of sp³-hybridized carbons (Fsp3) is 0.227. The van der Waals surface area contributed by atoms with Gasteiger partial charge in [-0.1, -0.05) is 30.3 Å². The fourth-order valence-electron chi connectivity index (χ4n) is 3.68. The van der Waals surface area contributed by atoms with Crippen LogP contribution in [0.2, 0.25) is 0 Å². The Labute approximate surface area is 183 Å². The van der Waals surface area contributed by atoms with Gasteiger partial charge in [-0.2, -0.15) is 5.10 Å². The molecule has 0 unspecified atom stereocenters. The molecule has 10 heteroatoms. The van der Waals surface area contributed by atoms with Crippen LogP contribution < -0.4 is 5.32 Å². The van der Waals surface area contributed by atoms with E-state index in [9.17, 15) is 9.59 Å². The largest absolute Gasteiger partial charge is 0.378 e. The number of imidazole rings is 1. The smallest absolute Gasteiger partial charge is 0.275 e. The van der Waals surface area contributed by atoms with Crippen LogP contribution in [0, 0.1) is 0 Å². The molecular weight excluding hydrogens is 410 g/mol. The van der Waals surface area contributed by atoms with Crippen molar-refractivity contribution in [2.75, 3.05) is 31.6 Å². The zero-order valence-corrected chi connectivity index (χ0v) is 17.4. The number of nitrogens with zero attached hydrogens (tertiary/aromatic N) is 6. The number of hydrogen-bond donors (Lipinski definition) is 1. The maximum atomic E-state index is 13.0. The van der Waals surface area contributed by atoms with Crippen LogP contribution in [0.25, 0.3) is 16.9 Å². The number of nitrogens with one attached hydrogen (secondary N) is 1. The molecule has 0 saturated carbocycles. The summed E-state index contributed by atoms with van der Waals surface area (Å²) in [5, 5.41) is 6.89. The van der Waals surface area contributed by atoms with E-state index in [1.807, 2.05) is 36.5 Å². The Morgan fingerprint density at radius 3 is 2.69 bits per heavy atom. The third-order valence-electron chi connectivity index (χ3n) is 5.34. The molecule has 4 aromatic rings. The minimum atomic E-state index is -0.465. The van der Waals surface area contributed by atoms with Crippen LogP contribution in [0.4, 0.5) is 5.82 Å². The highest BCUT2D eigenvalue weighted by Gasteiger charge is 2.27. The molecule has 5 rings (SSSR count). The van der Waals surface area contributed by atoms with E-state index in [2.05, 4.69) is 20.4 Å². The van der Waals surface area contributed by atoms with Gasteiger partial charge in [0.1, 0.15) is 23.5 Å². The van der Waals surface area contributed by atoms with Crippen LogP contribution in [0.3, 0.4) is 0 Å². The molecule has 1 aromatic carbocycles. The van der Waals surface area contributed by atoms with Crippen molar-refractivity contribution in [2.24, 2.45) is 7.05 Å². The van der Waals surface area contributed by atoms with Crippen LogP contribution >= 0.6 is 0 Å². The summed E-state index contributed by atoms with van der Waals surface area (Å²) in [6.45, 7) is 1.92. The molecule has 4 heterocycles. The van der Waals surface area contributed by atoms with E-state index < -0.39 is 5.91 Å². The van der Waals surface area contributed by atoms with Gasteiger partial charge in [0, 0.05) is 38.0 Å². The second-order valence-corrected chi connectivity index (χ2v) is 7.42. The van der Waals surface area contributed by atoms with Crippen LogP contribution in [0.15, 0.2) is 55.1 Å². The Kier molecular flexibility index (Phi) is 5.12. The SMILES string of the molecule is Cn1ncc(C(=O)N2CCOCC2)c1C(=O)Nc1cc2nc(-c3ccccc3)cn2cn1. The number of rotatable bonds is 4. The summed E-state index contributed by atoms with van der Waals surface area (Å²) in [6, 6.07) is 11.5. The lowest BCUT2D eigenvalue weighted by atomic mass is 10.2. The predicted octanol–water partition coefficient (Wildman–Crippen LogP) is 1.85. The quantitative estimate of drug-likeness (QED) is 0.529. The Hall–Kier alpha value is -4.05. The molecule has 1 N–H and O–H groups in total. The first kappa shape index (κ1) is 19.9. The van der Waals surface area contributed by atoms with Crippen molar-refractivity contribution in [2.45, 2.75) is 0 Å². The van der Waals surface area contributed by atoms with E-state index in [1.165, 1.54) is 10.9 Å². The van der Waals surface area contributed by atoms with E-state index in [4.69, 9.17) is 4.74 Å². The number of morpholine rings is 1. The van der Waals surface area contributed by atoms with Crippen molar-refractivity contribution in [1.82, 2.24) is 29.0 Å².